The number of rotatable bonds is 7. The monoisotopic (exact) mass is 427 g/mol. The molecule has 0 fully saturated rings. The van der Waals surface area contributed by atoms with Crippen molar-refractivity contribution in [3.05, 3.63) is 59.9 Å². The standard InChI is InChI=1S/C19H18F5N5O/c1-11-3-14(25-9-17(30-2)19(22,23)24)8-15(4-11)27-18-26-10-29(28-18)16-6-12(20)5-13(21)7-16/h3-8,10,17,25H,9H2,1-2H3,(H,27,28). The number of ether oxygens (including phenoxy) is 1. The molecule has 0 aliphatic rings. The third-order valence-electron chi connectivity index (χ3n) is 4.08. The maximum atomic E-state index is 13.4. The molecule has 3 aromatic rings. The van der Waals surface area contributed by atoms with Gasteiger partial charge in [-0.1, -0.05) is 0 Å². The number of aryl methyl sites for hydroxylation is 1. The van der Waals surface area contributed by atoms with Gasteiger partial charge in [0, 0.05) is 31.1 Å². The van der Waals surface area contributed by atoms with Gasteiger partial charge in [0.2, 0.25) is 5.95 Å². The minimum atomic E-state index is -4.49. The Morgan fingerprint density at radius 3 is 2.33 bits per heavy atom. The number of anilines is 3. The molecule has 3 rings (SSSR count). The van der Waals surface area contributed by atoms with Crippen LogP contribution in [0.5, 0.6) is 0 Å². The SMILES string of the molecule is COC(CNc1cc(C)cc(Nc2ncn(-c3cc(F)cc(F)c3)n2)c1)C(F)(F)F. The van der Waals surface area contributed by atoms with Crippen LogP contribution in [0.25, 0.3) is 5.69 Å². The van der Waals surface area contributed by atoms with E-state index in [1.165, 1.54) is 11.0 Å². The van der Waals surface area contributed by atoms with E-state index in [0.717, 1.165) is 30.9 Å². The van der Waals surface area contributed by atoms with E-state index in [-0.39, 0.29) is 11.6 Å². The molecule has 0 spiro atoms. The van der Waals surface area contributed by atoms with Crippen molar-refractivity contribution in [2.45, 2.75) is 19.2 Å². The van der Waals surface area contributed by atoms with Gasteiger partial charge in [-0.05, 0) is 42.8 Å². The van der Waals surface area contributed by atoms with Crippen LogP contribution in [0.15, 0.2) is 42.7 Å². The molecule has 0 aliphatic heterocycles. The van der Waals surface area contributed by atoms with E-state index in [2.05, 4.69) is 25.5 Å². The molecule has 1 heterocycles. The van der Waals surface area contributed by atoms with Crippen LogP contribution >= 0.6 is 0 Å². The summed E-state index contributed by atoms with van der Waals surface area (Å²) in [6.07, 6.45) is -5.16. The van der Waals surface area contributed by atoms with Crippen molar-refractivity contribution in [2.24, 2.45) is 0 Å². The van der Waals surface area contributed by atoms with Crippen LogP contribution in [0.2, 0.25) is 0 Å². The van der Waals surface area contributed by atoms with E-state index < -0.39 is 30.5 Å². The minimum Gasteiger partial charge on any atom is -0.382 e. The summed E-state index contributed by atoms with van der Waals surface area (Å²) in [5.41, 5.74) is 1.88. The smallest absolute Gasteiger partial charge is 0.382 e. The Morgan fingerprint density at radius 1 is 1.03 bits per heavy atom. The largest absolute Gasteiger partial charge is 0.416 e. The van der Waals surface area contributed by atoms with E-state index in [4.69, 9.17) is 0 Å². The Hall–Kier alpha value is -3.21. The first-order valence-electron chi connectivity index (χ1n) is 8.74. The van der Waals surface area contributed by atoms with Gasteiger partial charge in [-0.25, -0.2) is 13.5 Å². The molecular weight excluding hydrogens is 409 g/mol. The fraction of sp³-hybridized carbons (Fsp3) is 0.263. The van der Waals surface area contributed by atoms with Crippen molar-refractivity contribution < 1.29 is 26.7 Å². The Balaban J connectivity index is 1.74. The summed E-state index contributed by atoms with van der Waals surface area (Å²) in [6.45, 7) is 1.32. The van der Waals surface area contributed by atoms with Gasteiger partial charge in [0.05, 0.1) is 5.69 Å². The summed E-state index contributed by atoms with van der Waals surface area (Å²) < 4.78 is 70.9. The van der Waals surface area contributed by atoms with Gasteiger partial charge in [-0.3, -0.25) is 0 Å². The minimum absolute atomic E-state index is 0.140. The first-order chi connectivity index (χ1) is 14.1. The first kappa shape index (κ1) is 21.5. The van der Waals surface area contributed by atoms with Crippen molar-refractivity contribution in [1.29, 1.82) is 0 Å². The Labute approximate surface area is 168 Å². The molecule has 11 heteroatoms. The number of aromatic nitrogens is 3. The molecular formula is C19H18F5N5O. The second kappa shape index (κ2) is 8.66. The van der Waals surface area contributed by atoms with Gasteiger partial charge in [-0.15, -0.1) is 5.10 Å². The quantitative estimate of drug-likeness (QED) is 0.540. The Bertz CT molecular complexity index is 1000. The summed E-state index contributed by atoms with van der Waals surface area (Å²) in [5.74, 6) is -1.36. The summed E-state index contributed by atoms with van der Waals surface area (Å²) in [4.78, 5) is 4.03. The molecule has 0 amide bonds. The average Bonchev–Trinajstić information content (AvgIpc) is 3.08. The average molecular weight is 427 g/mol. The summed E-state index contributed by atoms with van der Waals surface area (Å²) in [5, 5.41) is 9.72. The molecule has 30 heavy (non-hydrogen) atoms. The number of nitrogens with zero attached hydrogens (tertiary/aromatic N) is 3. The molecule has 2 N–H and O–H groups in total. The Kier molecular flexibility index (Phi) is 6.20. The third kappa shape index (κ3) is 5.44. The van der Waals surface area contributed by atoms with Crippen LogP contribution in [0.3, 0.4) is 0 Å². The maximum Gasteiger partial charge on any atom is 0.416 e. The lowest BCUT2D eigenvalue weighted by Gasteiger charge is -2.20. The molecule has 160 valence electrons. The van der Waals surface area contributed by atoms with E-state index in [0.29, 0.717) is 11.4 Å². The topological polar surface area (TPSA) is 64.0 Å². The zero-order valence-electron chi connectivity index (χ0n) is 16.0. The number of benzene rings is 2. The summed E-state index contributed by atoms with van der Waals surface area (Å²) >= 11 is 0. The summed E-state index contributed by atoms with van der Waals surface area (Å²) in [6, 6.07) is 7.94. The molecule has 0 radical (unpaired) electrons. The number of alkyl halides is 3. The highest BCUT2D eigenvalue weighted by Crippen LogP contribution is 2.25. The van der Waals surface area contributed by atoms with E-state index in [1.807, 2.05) is 0 Å². The second-order valence-corrected chi connectivity index (χ2v) is 6.50. The first-order valence-corrected chi connectivity index (χ1v) is 8.74. The van der Waals surface area contributed by atoms with Crippen LogP contribution in [0.1, 0.15) is 5.56 Å². The summed E-state index contributed by atoms with van der Waals surface area (Å²) in [7, 11) is 0.996. The van der Waals surface area contributed by atoms with Gasteiger partial charge >= 0.3 is 6.18 Å². The van der Waals surface area contributed by atoms with Crippen molar-refractivity contribution >= 4 is 17.3 Å². The molecule has 0 saturated carbocycles. The highest BCUT2D eigenvalue weighted by atomic mass is 19.4. The lowest BCUT2D eigenvalue weighted by atomic mass is 10.2. The van der Waals surface area contributed by atoms with Crippen molar-refractivity contribution in [3.63, 3.8) is 0 Å². The normalized spacial score (nSPS) is 12.6. The third-order valence-corrected chi connectivity index (χ3v) is 4.08. The number of hydrogen-bond acceptors (Lipinski definition) is 5. The van der Waals surface area contributed by atoms with E-state index in [9.17, 15) is 22.0 Å². The highest BCUT2D eigenvalue weighted by molar-refractivity contribution is 5.63. The van der Waals surface area contributed by atoms with Gasteiger partial charge < -0.3 is 15.4 Å². The highest BCUT2D eigenvalue weighted by Gasteiger charge is 2.39. The number of hydrogen-bond donors (Lipinski definition) is 2. The van der Waals surface area contributed by atoms with Crippen molar-refractivity contribution in [1.82, 2.24) is 14.8 Å². The van der Waals surface area contributed by atoms with Crippen molar-refractivity contribution in [2.75, 3.05) is 24.3 Å². The van der Waals surface area contributed by atoms with Crippen LogP contribution in [0.4, 0.5) is 39.3 Å². The molecule has 2 aromatic carbocycles. The van der Waals surface area contributed by atoms with E-state index >= 15 is 0 Å². The molecule has 0 bridgehead atoms. The predicted octanol–water partition coefficient (Wildman–Crippen LogP) is 4.59. The van der Waals surface area contributed by atoms with Crippen LogP contribution in [-0.2, 0) is 4.74 Å². The Morgan fingerprint density at radius 2 is 1.70 bits per heavy atom. The maximum absolute atomic E-state index is 13.4. The molecule has 1 unspecified atom stereocenters. The second-order valence-electron chi connectivity index (χ2n) is 6.50. The predicted molar refractivity (Wildman–Crippen MR) is 101 cm³/mol. The van der Waals surface area contributed by atoms with Crippen LogP contribution in [0, 0.1) is 18.6 Å². The number of nitrogens with one attached hydrogen (secondary N) is 2. The molecule has 0 saturated heterocycles. The lowest BCUT2D eigenvalue weighted by molar-refractivity contribution is -0.207. The van der Waals surface area contributed by atoms with E-state index in [1.54, 1.807) is 25.1 Å². The van der Waals surface area contributed by atoms with Crippen molar-refractivity contribution in [3.8, 4) is 5.69 Å². The van der Waals surface area contributed by atoms with Gasteiger partial charge in [0.15, 0.2) is 6.10 Å². The molecule has 1 aromatic heterocycles. The zero-order valence-corrected chi connectivity index (χ0v) is 16.0. The fourth-order valence-electron chi connectivity index (χ4n) is 2.75. The van der Waals surface area contributed by atoms with Crippen LogP contribution in [-0.4, -0.2) is 40.7 Å². The lowest BCUT2D eigenvalue weighted by Crippen LogP contribution is -2.36. The molecule has 1 atom stereocenters. The molecule has 6 nitrogen and oxygen atoms in total. The fourth-order valence-corrected chi connectivity index (χ4v) is 2.75. The number of halogens is 5. The van der Waals surface area contributed by atoms with Gasteiger partial charge in [-0.2, -0.15) is 18.2 Å². The van der Waals surface area contributed by atoms with Gasteiger partial charge in [0.25, 0.3) is 0 Å². The van der Waals surface area contributed by atoms with Gasteiger partial charge in [0.1, 0.15) is 18.0 Å². The number of methoxy groups -OCH3 is 1. The van der Waals surface area contributed by atoms with Crippen LogP contribution < -0.4 is 10.6 Å². The zero-order chi connectivity index (χ0) is 21.9. The molecule has 0 aliphatic carbocycles.